The molecule has 7 heteroatoms. The van der Waals surface area contributed by atoms with E-state index in [0.717, 1.165) is 22.8 Å². The first-order chi connectivity index (χ1) is 11.2. The lowest BCUT2D eigenvalue weighted by molar-refractivity contribution is 0.225. The molecule has 3 aromatic rings. The van der Waals surface area contributed by atoms with E-state index >= 15 is 0 Å². The largest absolute Gasteiger partial charge is 0.389 e. The van der Waals surface area contributed by atoms with Crippen molar-refractivity contribution in [2.75, 3.05) is 5.32 Å². The lowest BCUT2D eigenvalue weighted by Crippen LogP contribution is -2.08. The second kappa shape index (κ2) is 5.36. The maximum absolute atomic E-state index is 9.46. The highest BCUT2D eigenvalue weighted by Gasteiger charge is 2.14. The van der Waals surface area contributed by atoms with E-state index in [1.54, 1.807) is 18.5 Å². The van der Waals surface area contributed by atoms with Crippen LogP contribution in [-0.2, 0) is 0 Å². The molecule has 1 aliphatic carbocycles. The third-order valence-corrected chi connectivity index (χ3v) is 3.75. The van der Waals surface area contributed by atoms with Crippen LogP contribution in [0.4, 0.5) is 5.95 Å². The first-order valence-electron chi connectivity index (χ1n) is 7.39. The van der Waals surface area contributed by atoms with E-state index in [4.69, 9.17) is 0 Å². The molecule has 0 spiro atoms. The quantitative estimate of drug-likeness (QED) is 0.689. The SMILES string of the molecule is Cc1nc2ncccn2c1-c1cnc(NC2=CCC(O)C=C2)[nH]1. The molecule has 23 heavy (non-hydrogen) atoms. The maximum Gasteiger partial charge on any atom is 0.234 e. The van der Waals surface area contributed by atoms with Crippen LogP contribution >= 0.6 is 0 Å². The zero-order chi connectivity index (χ0) is 15.8. The molecule has 1 unspecified atom stereocenters. The fraction of sp³-hybridized carbons (Fsp3) is 0.188. The summed E-state index contributed by atoms with van der Waals surface area (Å²) in [5, 5.41) is 12.7. The Labute approximate surface area is 132 Å². The van der Waals surface area contributed by atoms with Crippen LogP contribution in [0.25, 0.3) is 17.2 Å². The summed E-state index contributed by atoms with van der Waals surface area (Å²) < 4.78 is 1.93. The normalized spacial score (nSPS) is 17.5. The average molecular weight is 308 g/mol. The van der Waals surface area contributed by atoms with Crippen molar-refractivity contribution in [3.8, 4) is 11.4 Å². The minimum absolute atomic E-state index is 0.402. The molecular formula is C16H16N6O. The number of nitrogens with one attached hydrogen (secondary N) is 2. The molecule has 3 N–H and O–H groups in total. The average Bonchev–Trinajstić information content (AvgIpc) is 3.12. The summed E-state index contributed by atoms with van der Waals surface area (Å²) in [5.41, 5.74) is 3.61. The first-order valence-corrected chi connectivity index (χ1v) is 7.39. The van der Waals surface area contributed by atoms with Crippen LogP contribution < -0.4 is 5.32 Å². The number of imidazole rings is 2. The second-order valence-electron chi connectivity index (χ2n) is 5.43. The Hall–Kier alpha value is -2.93. The van der Waals surface area contributed by atoms with Crippen molar-refractivity contribution >= 4 is 11.7 Å². The Morgan fingerprint density at radius 3 is 3.13 bits per heavy atom. The van der Waals surface area contributed by atoms with Crippen molar-refractivity contribution < 1.29 is 5.11 Å². The molecular weight excluding hydrogens is 292 g/mol. The van der Waals surface area contributed by atoms with Crippen LogP contribution in [0.5, 0.6) is 0 Å². The molecule has 0 aromatic carbocycles. The van der Waals surface area contributed by atoms with Gasteiger partial charge >= 0.3 is 0 Å². The van der Waals surface area contributed by atoms with Crippen LogP contribution in [-0.4, -0.2) is 35.5 Å². The summed E-state index contributed by atoms with van der Waals surface area (Å²) in [5.74, 6) is 1.31. The van der Waals surface area contributed by atoms with Crippen LogP contribution in [0, 0.1) is 6.92 Å². The van der Waals surface area contributed by atoms with E-state index in [-0.39, 0.29) is 0 Å². The first kappa shape index (κ1) is 13.7. The molecule has 3 heterocycles. The van der Waals surface area contributed by atoms with Crippen molar-refractivity contribution in [2.45, 2.75) is 19.4 Å². The number of rotatable bonds is 3. The molecule has 3 aromatic heterocycles. The number of fused-ring (bicyclic) bond motifs is 1. The van der Waals surface area contributed by atoms with Crippen LogP contribution in [0.3, 0.4) is 0 Å². The number of aliphatic hydroxyl groups excluding tert-OH is 1. The minimum atomic E-state index is -0.402. The minimum Gasteiger partial charge on any atom is -0.389 e. The molecule has 0 saturated carbocycles. The number of aromatic amines is 1. The van der Waals surface area contributed by atoms with Crippen LogP contribution in [0.15, 0.2) is 48.6 Å². The number of hydrogen-bond acceptors (Lipinski definition) is 5. The number of anilines is 1. The zero-order valence-corrected chi connectivity index (χ0v) is 12.6. The van der Waals surface area contributed by atoms with Crippen molar-refractivity contribution in [1.29, 1.82) is 0 Å². The van der Waals surface area contributed by atoms with Gasteiger partial charge in [-0.2, -0.15) is 0 Å². The Kier molecular flexibility index (Phi) is 3.20. The molecule has 7 nitrogen and oxygen atoms in total. The number of aliphatic hydroxyl groups is 1. The number of nitrogens with zero attached hydrogens (tertiary/aromatic N) is 4. The molecule has 0 aliphatic heterocycles. The molecule has 0 saturated heterocycles. The molecule has 1 atom stereocenters. The molecule has 0 amide bonds. The van der Waals surface area contributed by atoms with E-state index in [0.29, 0.717) is 18.1 Å². The number of aryl methyl sites for hydroxylation is 1. The number of H-pyrrole nitrogens is 1. The van der Waals surface area contributed by atoms with Crippen molar-refractivity contribution in [1.82, 2.24) is 24.3 Å². The monoisotopic (exact) mass is 308 g/mol. The van der Waals surface area contributed by atoms with Gasteiger partial charge in [-0.05, 0) is 25.5 Å². The summed E-state index contributed by atoms with van der Waals surface area (Å²) in [7, 11) is 0. The Morgan fingerprint density at radius 2 is 2.30 bits per heavy atom. The lowest BCUT2D eigenvalue weighted by Gasteiger charge is -2.11. The summed E-state index contributed by atoms with van der Waals surface area (Å²) in [6, 6.07) is 1.87. The zero-order valence-electron chi connectivity index (χ0n) is 12.6. The second-order valence-corrected chi connectivity index (χ2v) is 5.43. The summed E-state index contributed by atoms with van der Waals surface area (Å²) in [6.07, 6.45) is 11.2. The Morgan fingerprint density at radius 1 is 1.39 bits per heavy atom. The van der Waals surface area contributed by atoms with E-state index in [1.807, 2.05) is 35.7 Å². The highest BCUT2D eigenvalue weighted by atomic mass is 16.3. The smallest absolute Gasteiger partial charge is 0.234 e. The fourth-order valence-electron chi connectivity index (χ4n) is 2.67. The highest BCUT2D eigenvalue weighted by molar-refractivity contribution is 5.63. The third kappa shape index (κ3) is 2.51. The van der Waals surface area contributed by atoms with Gasteiger partial charge in [-0.1, -0.05) is 12.2 Å². The van der Waals surface area contributed by atoms with Crippen LogP contribution in [0.1, 0.15) is 12.1 Å². The van der Waals surface area contributed by atoms with Gasteiger partial charge in [0.1, 0.15) is 0 Å². The lowest BCUT2D eigenvalue weighted by atomic mass is 10.1. The third-order valence-electron chi connectivity index (χ3n) is 3.75. The standard InChI is InChI=1S/C16H16N6O/c1-10-14(22-8-2-7-17-16(22)19-10)13-9-18-15(21-13)20-11-3-5-12(23)6-4-11/h2-5,7-9,12,23H,6H2,1H3,(H2,18,20,21). The predicted molar refractivity (Wildman–Crippen MR) is 86.8 cm³/mol. The number of allylic oxidation sites excluding steroid dienone is 1. The van der Waals surface area contributed by atoms with E-state index < -0.39 is 6.10 Å². The van der Waals surface area contributed by atoms with Gasteiger partial charge in [0.25, 0.3) is 0 Å². The van der Waals surface area contributed by atoms with Crippen molar-refractivity contribution in [3.63, 3.8) is 0 Å². The highest BCUT2D eigenvalue weighted by Crippen LogP contribution is 2.24. The van der Waals surface area contributed by atoms with Gasteiger partial charge in [0.15, 0.2) is 0 Å². The Bertz CT molecular complexity index is 920. The molecule has 0 radical (unpaired) electrons. The van der Waals surface area contributed by atoms with Gasteiger partial charge < -0.3 is 15.4 Å². The van der Waals surface area contributed by atoms with E-state index in [1.165, 1.54) is 0 Å². The molecule has 0 fully saturated rings. The number of hydrogen-bond donors (Lipinski definition) is 3. The van der Waals surface area contributed by atoms with Gasteiger partial charge in [-0.3, -0.25) is 4.40 Å². The molecule has 4 rings (SSSR count). The summed E-state index contributed by atoms with van der Waals surface area (Å²) in [4.78, 5) is 16.3. The van der Waals surface area contributed by atoms with Gasteiger partial charge in [0, 0.05) is 18.1 Å². The topological polar surface area (TPSA) is 91.1 Å². The van der Waals surface area contributed by atoms with Gasteiger partial charge in [0.05, 0.1) is 29.4 Å². The summed E-state index contributed by atoms with van der Waals surface area (Å²) in [6.45, 7) is 1.95. The van der Waals surface area contributed by atoms with E-state index in [2.05, 4.69) is 25.3 Å². The predicted octanol–water partition coefficient (Wildman–Crippen LogP) is 2.04. The summed E-state index contributed by atoms with van der Waals surface area (Å²) >= 11 is 0. The van der Waals surface area contributed by atoms with Crippen LogP contribution in [0.2, 0.25) is 0 Å². The number of aromatic nitrogens is 5. The molecule has 1 aliphatic rings. The van der Waals surface area contributed by atoms with Gasteiger partial charge in [-0.15, -0.1) is 0 Å². The molecule has 0 bridgehead atoms. The van der Waals surface area contributed by atoms with Crippen molar-refractivity contribution in [3.05, 3.63) is 54.3 Å². The van der Waals surface area contributed by atoms with Gasteiger partial charge in [-0.25, -0.2) is 15.0 Å². The molecule has 116 valence electrons. The van der Waals surface area contributed by atoms with E-state index in [9.17, 15) is 5.11 Å². The van der Waals surface area contributed by atoms with Crippen molar-refractivity contribution in [2.24, 2.45) is 0 Å². The maximum atomic E-state index is 9.46. The fourth-order valence-corrected chi connectivity index (χ4v) is 2.67. The van der Waals surface area contributed by atoms with Gasteiger partial charge in [0.2, 0.25) is 11.7 Å². The Balaban J connectivity index is 1.65.